The summed E-state index contributed by atoms with van der Waals surface area (Å²) in [5.41, 5.74) is 3.94. The Morgan fingerprint density at radius 3 is 2.44 bits per heavy atom. The molecule has 0 saturated heterocycles. The highest BCUT2D eigenvalue weighted by molar-refractivity contribution is 6.41. The third kappa shape index (κ3) is 4.62. The number of carbonyl (C=O) groups excluding carboxylic acids is 1. The van der Waals surface area contributed by atoms with E-state index in [2.05, 4.69) is 20.7 Å². The molecular formula is C18H13ClN4O2. The van der Waals surface area contributed by atoms with Crippen LogP contribution in [0, 0.1) is 0 Å². The van der Waals surface area contributed by atoms with Crippen molar-refractivity contribution in [1.82, 2.24) is 15.6 Å². The standard InChI is InChI=1S/C18H13ClN4O2/c19-15(11-13-7-3-1-4-8-13)12-20-21-16(24)18-23-22-17(25-18)14-9-5-2-6-10-14/h1-12H,(H,21,24)/b15-11+,20-12+. The molecule has 7 heteroatoms. The molecule has 0 bridgehead atoms. The van der Waals surface area contributed by atoms with Crippen molar-refractivity contribution in [2.24, 2.45) is 5.10 Å². The number of hydrazone groups is 1. The zero-order valence-corrected chi connectivity index (χ0v) is 13.7. The lowest BCUT2D eigenvalue weighted by molar-refractivity contribution is 0.0921. The van der Waals surface area contributed by atoms with E-state index < -0.39 is 5.91 Å². The largest absolute Gasteiger partial charge is 0.412 e. The van der Waals surface area contributed by atoms with Gasteiger partial charge >= 0.3 is 11.8 Å². The molecule has 124 valence electrons. The number of hydrogen-bond donors (Lipinski definition) is 1. The summed E-state index contributed by atoms with van der Waals surface area (Å²) in [4.78, 5) is 11.9. The molecule has 0 saturated carbocycles. The minimum absolute atomic E-state index is 0.181. The average molecular weight is 353 g/mol. The molecule has 0 radical (unpaired) electrons. The van der Waals surface area contributed by atoms with Crippen molar-refractivity contribution in [3.8, 4) is 11.5 Å². The lowest BCUT2D eigenvalue weighted by atomic mass is 10.2. The second-order valence-corrected chi connectivity index (χ2v) is 5.35. The number of allylic oxidation sites excluding steroid dienone is 1. The van der Waals surface area contributed by atoms with Gasteiger partial charge in [0.1, 0.15) is 0 Å². The molecule has 1 amide bonds. The van der Waals surface area contributed by atoms with Gasteiger partial charge in [-0.2, -0.15) is 5.10 Å². The van der Waals surface area contributed by atoms with Gasteiger partial charge in [-0.1, -0.05) is 60.1 Å². The molecule has 0 atom stereocenters. The van der Waals surface area contributed by atoms with Crippen LogP contribution >= 0.6 is 11.6 Å². The summed E-state index contributed by atoms with van der Waals surface area (Å²) in [6.07, 6.45) is 3.04. The normalized spacial score (nSPS) is 11.6. The minimum atomic E-state index is -0.616. The maximum atomic E-state index is 11.9. The molecule has 1 N–H and O–H groups in total. The number of amides is 1. The Labute approximate surface area is 148 Å². The van der Waals surface area contributed by atoms with Crippen LogP contribution < -0.4 is 5.43 Å². The molecule has 6 nitrogen and oxygen atoms in total. The Morgan fingerprint density at radius 2 is 1.72 bits per heavy atom. The van der Waals surface area contributed by atoms with E-state index in [4.69, 9.17) is 16.0 Å². The van der Waals surface area contributed by atoms with E-state index in [1.165, 1.54) is 6.21 Å². The molecule has 0 fully saturated rings. The number of rotatable bonds is 5. The molecule has 25 heavy (non-hydrogen) atoms. The number of carbonyl (C=O) groups is 1. The van der Waals surface area contributed by atoms with Gasteiger partial charge in [0, 0.05) is 5.56 Å². The van der Waals surface area contributed by atoms with Gasteiger partial charge in [0.15, 0.2) is 0 Å². The van der Waals surface area contributed by atoms with Gasteiger partial charge in [0.25, 0.3) is 0 Å². The van der Waals surface area contributed by atoms with E-state index >= 15 is 0 Å². The predicted molar refractivity (Wildman–Crippen MR) is 96.0 cm³/mol. The van der Waals surface area contributed by atoms with Crippen LogP contribution in [-0.4, -0.2) is 22.3 Å². The first-order chi connectivity index (χ1) is 12.2. The fourth-order valence-corrected chi connectivity index (χ4v) is 2.13. The van der Waals surface area contributed by atoms with Crippen LogP contribution in [0.25, 0.3) is 17.5 Å². The van der Waals surface area contributed by atoms with E-state index in [0.29, 0.717) is 5.03 Å². The van der Waals surface area contributed by atoms with Crippen molar-refractivity contribution in [2.45, 2.75) is 0 Å². The quantitative estimate of drug-likeness (QED) is 0.560. The molecule has 0 aliphatic carbocycles. The van der Waals surface area contributed by atoms with Crippen LogP contribution in [0.3, 0.4) is 0 Å². The van der Waals surface area contributed by atoms with Crippen LogP contribution in [-0.2, 0) is 0 Å². The molecule has 0 unspecified atom stereocenters. The number of nitrogens with one attached hydrogen (secondary N) is 1. The Morgan fingerprint density at radius 1 is 1.04 bits per heavy atom. The van der Waals surface area contributed by atoms with Gasteiger partial charge in [0.2, 0.25) is 5.89 Å². The van der Waals surface area contributed by atoms with Crippen molar-refractivity contribution < 1.29 is 9.21 Å². The summed E-state index contributed by atoms with van der Waals surface area (Å²) in [6.45, 7) is 0. The number of aromatic nitrogens is 2. The molecule has 1 aromatic heterocycles. The highest BCUT2D eigenvalue weighted by atomic mass is 35.5. The minimum Gasteiger partial charge on any atom is -0.412 e. The summed E-state index contributed by atoms with van der Waals surface area (Å²) in [6, 6.07) is 18.7. The maximum absolute atomic E-state index is 11.9. The highest BCUT2D eigenvalue weighted by Gasteiger charge is 2.14. The van der Waals surface area contributed by atoms with Gasteiger partial charge in [-0.05, 0) is 23.8 Å². The van der Waals surface area contributed by atoms with Crippen LogP contribution in [0.15, 0.2) is 75.2 Å². The highest BCUT2D eigenvalue weighted by Crippen LogP contribution is 2.16. The van der Waals surface area contributed by atoms with Crippen molar-refractivity contribution in [1.29, 1.82) is 0 Å². The Bertz CT molecular complexity index is 905. The monoisotopic (exact) mass is 352 g/mol. The second-order valence-electron chi connectivity index (χ2n) is 4.92. The van der Waals surface area contributed by atoms with E-state index in [0.717, 1.165) is 11.1 Å². The number of hydrogen-bond acceptors (Lipinski definition) is 5. The zero-order chi connectivity index (χ0) is 17.5. The third-order valence-corrected chi connectivity index (χ3v) is 3.30. The number of benzene rings is 2. The first kappa shape index (κ1) is 16.6. The Hall–Kier alpha value is -3.25. The van der Waals surface area contributed by atoms with E-state index in [1.54, 1.807) is 6.08 Å². The average Bonchev–Trinajstić information content (AvgIpc) is 3.13. The van der Waals surface area contributed by atoms with Crippen LogP contribution in [0.4, 0.5) is 0 Å². The summed E-state index contributed by atoms with van der Waals surface area (Å²) < 4.78 is 5.33. The molecule has 0 spiro atoms. The predicted octanol–water partition coefficient (Wildman–Crippen LogP) is 3.73. The van der Waals surface area contributed by atoms with Crippen molar-refractivity contribution in [3.05, 3.63) is 77.2 Å². The SMILES string of the molecule is O=C(N/N=C/C(Cl)=C\c1ccccc1)c1nnc(-c2ccccc2)o1. The molecule has 3 aromatic rings. The van der Waals surface area contributed by atoms with Crippen LogP contribution in [0.2, 0.25) is 0 Å². The van der Waals surface area contributed by atoms with Crippen LogP contribution in [0.1, 0.15) is 16.2 Å². The third-order valence-electron chi connectivity index (χ3n) is 3.10. The smallest absolute Gasteiger partial charge is 0.328 e. The van der Waals surface area contributed by atoms with E-state index in [1.807, 2.05) is 60.7 Å². The molecule has 2 aromatic carbocycles. The lowest BCUT2D eigenvalue weighted by Crippen LogP contribution is -2.17. The van der Waals surface area contributed by atoms with Crippen molar-refractivity contribution in [3.63, 3.8) is 0 Å². The molecule has 3 rings (SSSR count). The number of halogens is 1. The fraction of sp³-hybridized carbons (Fsp3) is 0. The lowest BCUT2D eigenvalue weighted by Gasteiger charge is -1.95. The van der Waals surface area contributed by atoms with Gasteiger partial charge in [-0.25, -0.2) is 5.43 Å². The molecule has 0 aliphatic rings. The van der Waals surface area contributed by atoms with Gasteiger partial charge in [-0.15, -0.1) is 10.2 Å². The molecule has 1 heterocycles. The Balaban J connectivity index is 1.61. The summed E-state index contributed by atoms with van der Waals surface area (Å²) in [7, 11) is 0. The Kier molecular flexibility index (Phi) is 5.33. The van der Waals surface area contributed by atoms with Gasteiger partial charge < -0.3 is 4.42 Å². The fourth-order valence-electron chi connectivity index (χ4n) is 1.96. The van der Waals surface area contributed by atoms with Crippen molar-refractivity contribution in [2.75, 3.05) is 0 Å². The van der Waals surface area contributed by atoms with Gasteiger partial charge in [0.05, 0.1) is 11.2 Å². The zero-order valence-electron chi connectivity index (χ0n) is 13.0. The summed E-state index contributed by atoms with van der Waals surface area (Å²) in [5.74, 6) is -0.536. The first-order valence-corrected chi connectivity index (χ1v) is 7.75. The molecular weight excluding hydrogens is 340 g/mol. The number of nitrogens with zero attached hydrogens (tertiary/aromatic N) is 3. The van der Waals surface area contributed by atoms with Crippen LogP contribution in [0.5, 0.6) is 0 Å². The van der Waals surface area contributed by atoms with E-state index in [9.17, 15) is 4.79 Å². The maximum Gasteiger partial charge on any atom is 0.328 e. The van der Waals surface area contributed by atoms with Gasteiger partial charge in [-0.3, -0.25) is 4.79 Å². The second kappa shape index (κ2) is 8.03. The summed E-state index contributed by atoms with van der Waals surface area (Å²) in [5, 5.41) is 11.7. The topological polar surface area (TPSA) is 80.4 Å². The van der Waals surface area contributed by atoms with Crippen molar-refractivity contribution >= 4 is 29.8 Å². The summed E-state index contributed by atoms with van der Waals surface area (Å²) >= 11 is 6.04. The van der Waals surface area contributed by atoms with E-state index in [-0.39, 0.29) is 11.8 Å². The molecule has 0 aliphatic heterocycles. The first-order valence-electron chi connectivity index (χ1n) is 7.37.